The number of benzene rings is 3. The molecule has 3 aromatic carbocycles. The largest absolute Gasteiger partial charge is 0.307 e. The van der Waals surface area contributed by atoms with Gasteiger partial charge in [0.25, 0.3) is 0 Å². The van der Waals surface area contributed by atoms with Gasteiger partial charge in [0.05, 0.1) is 21.3 Å². The quantitative estimate of drug-likeness (QED) is 0.302. The van der Waals surface area contributed by atoms with Gasteiger partial charge in [-0.2, -0.15) is 0 Å². The number of hydrogen-bond donors (Lipinski definition) is 0. The van der Waals surface area contributed by atoms with Crippen LogP contribution < -0.4 is 0 Å². The summed E-state index contributed by atoms with van der Waals surface area (Å²) in [5.41, 5.74) is 4.95. The lowest BCUT2D eigenvalue weighted by atomic mass is 10.1. The second-order valence-corrected chi connectivity index (χ2v) is 7.69. The van der Waals surface area contributed by atoms with Crippen molar-refractivity contribution in [3.05, 3.63) is 89.8 Å². The smallest absolute Gasteiger partial charge is 0.0634 e. The summed E-state index contributed by atoms with van der Waals surface area (Å²) in [6, 6.07) is 23.9. The Morgan fingerprint density at radius 2 is 1.52 bits per heavy atom. The molecule has 1 nitrogen and oxygen atoms in total. The number of fused-ring (bicyclic) bond motifs is 5. The Morgan fingerprint density at radius 1 is 0.815 bits per heavy atom. The SMILES string of the molecule is C=Cc1sc2ccccc2n2c3ccccc3c3cccc(c1/C=C\C)c32. The molecule has 0 aliphatic rings. The molecule has 0 atom stereocenters. The molecule has 0 saturated heterocycles. The number of hydrogen-bond acceptors (Lipinski definition) is 1. The number of nitrogens with zero attached hydrogens (tertiary/aromatic N) is 1. The summed E-state index contributed by atoms with van der Waals surface area (Å²) in [6.07, 6.45) is 6.29. The molecule has 5 aromatic rings. The van der Waals surface area contributed by atoms with Crippen LogP contribution in [0.1, 0.15) is 17.4 Å². The van der Waals surface area contributed by atoms with Crippen LogP contribution in [-0.2, 0) is 0 Å². The van der Waals surface area contributed by atoms with E-state index in [1.165, 1.54) is 47.8 Å². The Labute approximate surface area is 162 Å². The third-order valence-electron chi connectivity index (χ3n) is 5.10. The van der Waals surface area contributed by atoms with Gasteiger partial charge in [-0.1, -0.05) is 73.3 Å². The van der Waals surface area contributed by atoms with Gasteiger partial charge >= 0.3 is 0 Å². The van der Waals surface area contributed by atoms with E-state index in [1.807, 2.05) is 6.08 Å². The molecule has 0 aliphatic heterocycles. The van der Waals surface area contributed by atoms with Crippen molar-refractivity contribution in [3.8, 4) is 0 Å². The lowest BCUT2D eigenvalue weighted by molar-refractivity contribution is 1.35. The molecular weight excluding hydrogens is 346 g/mol. The van der Waals surface area contributed by atoms with E-state index in [0.717, 1.165) is 0 Å². The van der Waals surface area contributed by atoms with E-state index < -0.39 is 0 Å². The van der Waals surface area contributed by atoms with E-state index in [-0.39, 0.29) is 0 Å². The van der Waals surface area contributed by atoms with Crippen molar-refractivity contribution < 1.29 is 0 Å². The Hall–Kier alpha value is -3.10. The Kier molecular flexibility index (Phi) is 3.73. The molecule has 0 aliphatic carbocycles. The zero-order valence-corrected chi connectivity index (χ0v) is 16.0. The van der Waals surface area contributed by atoms with Crippen LogP contribution >= 0.6 is 11.3 Å². The summed E-state index contributed by atoms with van der Waals surface area (Å²) in [5.74, 6) is 0. The Balaban J connectivity index is 2.27. The minimum atomic E-state index is 1.18. The van der Waals surface area contributed by atoms with Crippen LogP contribution in [0.15, 0.2) is 79.4 Å². The first-order valence-electron chi connectivity index (χ1n) is 9.12. The van der Waals surface area contributed by atoms with Gasteiger partial charge in [-0.25, -0.2) is 0 Å². The fraction of sp³-hybridized carbons (Fsp3) is 0.0400. The molecule has 5 rings (SSSR count). The van der Waals surface area contributed by atoms with Crippen LogP contribution in [0.25, 0.3) is 49.6 Å². The van der Waals surface area contributed by atoms with E-state index in [0.29, 0.717) is 0 Å². The molecule has 0 spiro atoms. The summed E-state index contributed by atoms with van der Waals surface area (Å²) in [4.78, 5) is 1.18. The first kappa shape index (κ1) is 16.1. The third-order valence-corrected chi connectivity index (χ3v) is 6.27. The summed E-state index contributed by atoms with van der Waals surface area (Å²) in [6.45, 7) is 6.18. The molecule has 130 valence electrons. The maximum atomic E-state index is 4.11. The van der Waals surface area contributed by atoms with E-state index in [1.54, 1.807) is 11.3 Å². The van der Waals surface area contributed by atoms with Crippen molar-refractivity contribution in [2.45, 2.75) is 6.92 Å². The van der Waals surface area contributed by atoms with Crippen LogP contribution in [0.3, 0.4) is 0 Å². The highest BCUT2D eigenvalue weighted by Crippen LogP contribution is 2.37. The zero-order valence-electron chi connectivity index (χ0n) is 15.1. The molecule has 0 fully saturated rings. The van der Waals surface area contributed by atoms with Gasteiger partial charge in [-0.15, -0.1) is 11.3 Å². The van der Waals surface area contributed by atoms with Gasteiger partial charge in [-0.05, 0) is 25.1 Å². The second kappa shape index (κ2) is 6.26. The van der Waals surface area contributed by atoms with E-state index in [4.69, 9.17) is 0 Å². The predicted octanol–water partition coefficient (Wildman–Crippen LogP) is 7.70. The molecule has 2 heterocycles. The van der Waals surface area contributed by atoms with Crippen molar-refractivity contribution in [2.24, 2.45) is 0 Å². The van der Waals surface area contributed by atoms with Crippen LogP contribution in [0, 0.1) is 0 Å². The summed E-state index contributed by atoms with van der Waals surface area (Å²) >= 11 is 1.79. The van der Waals surface area contributed by atoms with E-state index in [9.17, 15) is 0 Å². The van der Waals surface area contributed by atoms with E-state index >= 15 is 0 Å². The highest BCUT2D eigenvalue weighted by Gasteiger charge is 2.14. The van der Waals surface area contributed by atoms with Crippen LogP contribution in [0.4, 0.5) is 0 Å². The van der Waals surface area contributed by atoms with Crippen molar-refractivity contribution in [3.63, 3.8) is 0 Å². The normalized spacial score (nSPS) is 11.9. The second-order valence-electron chi connectivity index (χ2n) is 6.61. The van der Waals surface area contributed by atoms with Gasteiger partial charge in [0.15, 0.2) is 0 Å². The fourth-order valence-electron chi connectivity index (χ4n) is 4.01. The first-order valence-corrected chi connectivity index (χ1v) is 9.94. The fourth-order valence-corrected chi connectivity index (χ4v) is 5.03. The standard InChI is InChI=1S/C25H19NS/c1-3-10-18-20-13-9-12-19-17-11-5-6-14-21(17)26(25(19)20)22-15-7-8-16-24(22)27-23(18)4-2/h3-16H,2H2,1H3/b10-3-,23-18?. The molecule has 0 amide bonds. The first-order chi connectivity index (χ1) is 13.3. The molecular formula is C25H19NS. The molecule has 0 bridgehead atoms. The summed E-state index contributed by atoms with van der Waals surface area (Å²) < 4.78 is 3.66. The third kappa shape index (κ3) is 2.30. The number of allylic oxidation sites excluding steroid dienone is 1. The molecule has 0 unspecified atom stereocenters. The number of aromatic nitrogens is 1. The molecule has 0 saturated carbocycles. The predicted molar refractivity (Wildman–Crippen MR) is 121 cm³/mol. The summed E-state index contributed by atoms with van der Waals surface area (Å²) in [5, 5.41) is 3.82. The van der Waals surface area contributed by atoms with Crippen LogP contribution in [0.2, 0.25) is 0 Å². The van der Waals surface area contributed by atoms with Gasteiger partial charge in [0, 0.05) is 26.6 Å². The lowest BCUT2D eigenvalue weighted by Gasteiger charge is -2.09. The highest BCUT2D eigenvalue weighted by atomic mass is 32.1. The average molecular weight is 366 g/mol. The highest BCUT2D eigenvalue weighted by molar-refractivity contribution is 7.19. The number of rotatable bonds is 2. The van der Waals surface area contributed by atoms with Crippen molar-refractivity contribution >= 4 is 60.9 Å². The molecule has 2 heteroatoms. The van der Waals surface area contributed by atoms with Crippen molar-refractivity contribution in [1.82, 2.24) is 4.40 Å². The van der Waals surface area contributed by atoms with Gasteiger partial charge in [-0.3, -0.25) is 0 Å². The molecule has 2 aromatic heterocycles. The Morgan fingerprint density at radius 3 is 2.33 bits per heavy atom. The van der Waals surface area contributed by atoms with Crippen molar-refractivity contribution in [1.29, 1.82) is 0 Å². The van der Waals surface area contributed by atoms with Gasteiger partial charge in [0.1, 0.15) is 0 Å². The Bertz CT molecular complexity index is 1400. The van der Waals surface area contributed by atoms with Gasteiger partial charge < -0.3 is 4.40 Å². The monoisotopic (exact) mass is 365 g/mol. The zero-order chi connectivity index (χ0) is 18.4. The van der Waals surface area contributed by atoms with Crippen LogP contribution in [-0.4, -0.2) is 4.40 Å². The van der Waals surface area contributed by atoms with E-state index in [2.05, 4.69) is 96.8 Å². The van der Waals surface area contributed by atoms with Crippen molar-refractivity contribution in [2.75, 3.05) is 0 Å². The maximum Gasteiger partial charge on any atom is 0.0634 e. The molecule has 0 radical (unpaired) electrons. The average Bonchev–Trinajstić information content (AvgIpc) is 3.04. The number of para-hydroxylation sites is 3. The topological polar surface area (TPSA) is 4.41 Å². The minimum Gasteiger partial charge on any atom is -0.307 e. The van der Waals surface area contributed by atoms with Gasteiger partial charge in [0.2, 0.25) is 0 Å². The van der Waals surface area contributed by atoms with Crippen LogP contribution in [0.5, 0.6) is 0 Å². The lowest BCUT2D eigenvalue weighted by Crippen LogP contribution is -1.89. The molecule has 27 heavy (non-hydrogen) atoms. The minimum absolute atomic E-state index is 1.18. The maximum absolute atomic E-state index is 4.11. The summed E-state index contributed by atoms with van der Waals surface area (Å²) in [7, 11) is 0. The molecule has 0 N–H and O–H groups in total.